The van der Waals surface area contributed by atoms with Crippen molar-refractivity contribution >= 4 is 11.9 Å². The Kier molecular flexibility index (Phi) is 5.19. The van der Waals surface area contributed by atoms with Crippen molar-refractivity contribution in [3.8, 4) is 0 Å². The Balaban J connectivity index is 1.65. The first kappa shape index (κ1) is 22.2. The van der Waals surface area contributed by atoms with Gasteiger partial charge in [0.1, 0.15) is 0 Å². The Morgan fingerprint density at radius 2 is 1.34 bits per heavy atom. The van der Waals surface area contributed by atoms with Crippen molar-refractivity contribution in [3.63, 3.8) is 0 Å². The molecule has 5 rings (SSSR count). The third-order valence-electron chi connectivity index (χ3n) is 9.09. The minimum atomic E-state index is -2.35. The second-order valence-corrected chi connectivity index (χ2v) is 38.2. The van der Waals surface area contributed by atoms with Crippen LogP contribution >= 0.6 is 0 Å². The summed E-state index contributed by atoms with van der Waals surface area (Å²) in [4.78, 5) is 14.1. The van der Waals surface area contributed by atoms with E-state index in [-0.39, 0.29) is 5.41 Å². The number of allylic oxidation sites excluding steroid dienone is 4. The van der Waals surface area contributed by atoms with Gasteiger partial charge in [0.2, 0.25) is 0 Å². The second-order valence-electron chi connectivity index (χ2n) is 12.9. The van der Waals surface area contributed by atoms with Crippen LogP contribution in [-0.2, 0) is 25.7 Å². The fourth-order valence-corrected chi connectivity index (χ4v) is 31.6. The van der Waals surface area contributed by atoms with E-state index in [1.54, 1.807) is 8.90 Å². The van der Waals surface area contributed by atoms with E-state index >= 15 is 0 Å². The van der Waals surface area contributed by atoms with Gasteiger partial charge in [0.05, 0.1) is 0 Å². The van der Waals surface area contributed by atoms with Crippen LogP contribution in [0.3, 0.4) is 0 Å². The summed E-state index contributed by atoms with van der Waals surface area (Å²) in [5.41, 5.74) is 5.63. The molecule has 0 saturated heterocycles. The summed E-state index contributed by atoms with van der Waals surface area (Å²) in [6.45, 7) is 21.8. The maximum atomic E-state index is 14.1. The molecule has 0 radical (unpaired) electrons. The number of hydrogen-bond donors (Lipinski definition) is 1. The molecule has 1 unspecified atom stereocenters. The number of carbonyl (C=O) groups is 1. The zero-order valence-electron chi connectivity index (χ0n) is 20.3. The molecule has 1 atom stereocenters. The van der Waals surface area contributed by atoms with E-state index < -0.39 is 26.9 Å². The van der Waals surface area contributed by atoms with E-state index in [9.17, 15) is 4.79 Å². The Morgan fingerprint density at radius 3 is 1.69 bits per heavy atom. The van der Waals surface area contributed by atoms with E-state index in [1.807, 2.05) is 0 Å². The topological polar surface area (TPSA) is 29.1 Å². The molecule has 0 aliphatic heterocycles. The Bertz CT molecular complexity index is 771. The average Bonchev–Trinajstić information content (AvgIpc) is 2.71. The van der Waals surface area contributed by atoms with Crippen LogP contribution in [0.15, 0.2) is 20.0 Å². The molecule has 2 nitrogen and oxygen atoms in total. The van der Waals surface area contributed by atoms with Crippen LogP contribution in [0.2, 0.25) is 13.1 Å². The first-order valence-corrected chi connectivity index (χ1v) is 24.5. The maximum absolute atomic E-state index is 14.1. The van der Waals surface area contributed by atoms with Crippen LogP contribution in [-0.4, -0.2) is 11.9 Å². The standard InChI is InChI=1S/C14H23NO.C9H13.C2H7Si.Hf/c1-11-4-12(2)6-13(3,5-11)9-14(7-11,8-12)10(15)16;1-6-5-7(2)9(4)8(6)3;1-3-2;/h4-9H2,1-3H3,(H2,15,16);6H,1-4H3;3H,1-2H3;/q;;;+1/p-1. The van der Waals surface area contributed by atoms with Crippen molar-refractivity contribution in [1.29, 1.82) is 0 Å². The fourth-order valence-electron chi connectivity index (χ4n) is 9.11. The van der Waals surface area contributed by atoms with Gasteiger partial charge >= 0.3 is 189 Å². The van der Waals surface area contributed by atoms with Crippen molar-refractivity contribution in [2.24, 2.45) is 27.6 Å². The van der Waals surface area contributed by atoms with Crippen molar-refractivity contribution < 1.29 is 25.7 Å². The van der Waals surface area contributed by atoms with Gasteiger partial charge in [-0.2, -0.15) is 0 Å². The van der Waals surface area contributed by atoms with Gasteiger partial charge in [0.25, 0.3) is 0 Å². The minimum absolute atomic E-state index is 0.0833. The van der Waals surface area contributed by atoms with Crippen LogP contribution in [0.25, 0.3) is 0 Å². The van der Waals surface area contributed by atoms with Crippen molar-refractivity contribution in [1.82, 2.24) is 3.30 Å². The molecule has 0 aromatic carbocycles. The SMILES string of the molecule is CC1=C(C)C(C)[C]([Hf]([NH]C(=O)C23CC4(C)CC(C)(CC(C)(C4)C2)C3)[SiH](C)C)=C1C. The summed E-state index contributed by atoms with van der Waals surface area (Å²) >= 11 is -2.35. The summed E-state index contributed by atoms with van der Waals surface area (Å²) in [7, 11) is 0. The van der Waals surface area contributed by atoms with Gasteiger partial charge in [0, 0.05) is 0 Å². The molecule has 0 spiro atoms. The van der Waals surface area contributed by atoms with Crippen LogP contribution in [0.1, 0.15) is 87.0 Å². The molecule has 4 saturated carbocycles. The van der Waals surface area contributed by atoms with Gasteiger partial charge in [-0.3, -0.25) is 0 Å². The van der Waals surface area contributed by atoms with Crippen molar-refractivity contribution in [2.75, 3.05) is 0 Å². The van der Waals surface area contributed by atoms with Crippen LogP contribution in [0.4, 0.5) is 0 Å². The molecule has 1 N–H and O–H groups in total. The normalized spacial score (nSPS) is 43.6. The molecule has 29 heavy (non-hydrogen) atoms. The number of carbonyl (C=O) groups excluding carboxylic acids is 1. The van der Waals surface area contributed by atoms with Gasteiger partial charge in [-0.15, -0.1) is 0 Å². The molecular weight excluding hydrogens is 537 g/mol. The molecular formula is C25H42HfNOSi. The first-order chi connectivity index (χ1) is 13.2. The monoisotopic (exact) mass is 580 g/mol. The average molecular weight is 579 g/mol. The molecule has 0 aromatic rings. The molecule has 161 valence electrons. The zero-order chi connectivity index (χ0) is 21.6. The summed E-state index contributed by atoms with van der Waals surface area (Å²) < 4.78 is 5.65. The Hall–Kier alpha value is 0.0370. The van der Waals surface area contributed by atoms with Crippen LogP contribution in [0.5, 0.6) is 0 Å². The van der Waals surface area contributed by atoms with E-state index in [2.05, 4.69) is 64.9 Å². The summed E-state index contributed by atoms with van der Waals surface area (Å²) in [6, 6.07) is 0. The van der Waals surface area contributed by atoms with Gasteiger partial charge in [-0.1, -0.05) is 0 Å². The molecule has 5 aliphatic rings. The first-order valence-electron chi connectivity index (χ1n) is 11.8. The Labute approximate surface area is 187 Å². The molecule has 5 aliphatic carbocycles. The van der Waals surface area contributed by atoms with Gasteiger partial charge in [-0.05, 0) is 0 Å². The van der Waals surface area contributed by atoms with Crippen LogP contribution < -0.4 is 3.30 Å². The molecule has 0 heterocycles. The number of hydrogen-bond acceptors (Lipinski definition) is 1. The molecule has 1 amide bonds. The number of amides is 1. The molecule has 0 aromatic heterocycles. The number of nitrogens with one attached hydrogen (secondary N) is 1. The molecule has 4 bridgehead atoms. The second kappa shape index (κ2) is 6.77. The summed E-state index contributed by atoms with van der Waals surface area (Å²) in [5.74, 6) is 0.171. The molecule has 4 heteroatoms. The third kappa shape index (κ3) is 3.47. The molecule has 4 fully saturated rings. The van der Waals surface area contributed by atoms with E-state index in [1.165, 1.54) is 30.4 Å². The summed E-state index contributed by atoms with van der Waals surface area (Å²) in [6.07, 6.45) is 7.42. The van der Waals surface area contributed by atoms with E-state index in [0.29, 0.717) is 28.1 Å². The van der Waals surface area contributed by atoms with Gasteiger partial charge in [0.15, 0.2) is 0 Å². The van der Waals surface area contributed by atoms with E-state index in [0.717, 1.165) is 19.3 Å². The van der Waals surface area contributed by atoms with Crippen molar-refractivity contribution in [3.05, 3.63) is 20.0 Å². The Morgan fingerprint density at radius 1 is 0.897 bits per heavy atom. The fraction of sp³-hybridized carbons (Fsp3) is 0.800. The van der Waals surface area contributed by atoms with Crippen molar-refractivity contribution in [2.45, 2.75) is 100 Å². The quantitative estimate of drug-likeness (QED) is 0.392. The predicted molar refractivity (Wildman–Crippen MR) is 122 cm³/mol. The van der Waals surface area contributed by atoms with Crippen LogP contribution in [0, 0.1) is 27.6 Å². The van der Waals surface area contributed by atoms with Gasteiger partial charge in [-0.25, -0.2) is 0 Å². The zero-order valence-corrected chi connectivity index (χ0v) is 25.1. The summed E-state index contributed by atoms with van der Waals surface area (Å²) in [5, 5.41) is 0. The van der Waals surface area contributed by atoms with Gasteiger partial charge < -0.3 is 0 Å². The third-order valence-corrected chi connectivity index (χ3v) is 33.2. The van der Waals surface area contributed by atoms with E-state index in [4.69, 9.17) is 0 Å². The number of rotatable bonds is 4. The predicted octanol–water partition coefficient (Wildman–Crippen LogP) is 6.27.